The largest absolute Gasteiger partial charge is 0.504 e. The van der Waals surface area contributed by atoms with Crippen molar-refractivity contribution in [2.45, 2.75) is 74.7 Å². The highest BCUT2D eigenvalue weighted by molar-refractivity contribution is 5.66. The van der Waals surface area contributed by atoms with Crippen LogP contribution in [0.4, 0.5) is 0 Å². The van der Waals surface area contributed by atoms with E-state index in [0.717, 1.165) is 37.8 Å². The van der Waals surface area contributed by atoms with E-state index in [1.165, 1.54) is 28.8 Å². The van der Waals surface area contributed by atoms with Crippen LogP contribution in [0.2, 0.25) is 0 Å². The molecule has 2 saturated carbocycles. The van der Waals surface area contributed by atoms with Gasteiger partial charge >= 0.3 is 0 Å². The number of piperidine rings is 1. The van der Waals surface area contributed by atoms with E-state index in [1.807, 2.05) is 0 Å². The molecule has 1 saturated heterocycles. The molecule has 34 heavy (non-hydrogen) atoms. The van der Waals surface area contributed by atoms with Crippen LogP contribution in [0.1, 0.15) is 62.6 Å². The number of rotatable bonds is 3. The molecule has 2 aromatic rings. The summed E-state index contributed by atoms with van der Waals surface area (Å²) in [5.74, 6) is 2.07. The first-order valence-corrected chi connectivity index (χ1v) is 13.4. The lowest BCUT2D eigenvalue weighted by atomic mass is 9.52. The van der Waals surface area contributed by atoms with Crippen molar-refractivity contribution in [3.8, 4) is 11.5 Å². The molecule has 3 fully saturated rings. The number of aromatic hydroxyl groups is 1. The van der Waals surface area contributed by atoms with E-state index in [-0.39, 0.29) is 17.9 Å². The molecule has 7 atom stereocenters. The van der Waals surface area contributed by atoms with Gasteiger partial charge in [0.05, 0.1) is 17.1 Å². The lowest BCUT2D eigenvalue weighted by molar-refractivity contribution is -0.188. The first-order valence-electron chi connectivity index (χ1n) is 13.4. The van der Waals surface area contributed by atoms with Gasteiger partial charge in [-0.15, -0.1) is 0 Å². The topological polar surface area (TPSA) is 52.9 Å². The third kappa shape index (κ3) is 2.19. The average Bonchev–Trinajstić information content (AvgIpc) is 3.61. The number of fused-ring (bicyclic) bond motifs is 2. The second-order valence-corrected chi connectivity index (χ2v) is 11.7. The second-order valence-electron chi connectivity index (χ2n) is 11.7. The second kappa shape index (κ2) is 6.47. The summed E-state index contributed by atoms with van der Waals surface area (Å²) in [6.45, 7) is 3.31. The minimum atomic E-state index is -0.811. The van der Waals surface area contributed by atoms with E-state index in [2.05, 4.69) is 54.3 Å². The van der Waals surface area contributed by atoms with Crippen LogP contribution >= 0.6 is 0 Å². The first kappa shape index (κ1) is 19.9. The van der Waals surface area contributed by atoms with Crippen LogP contribution < -0.4 is 15.2 Å². The summed E-state index contributed by atoms with van der Waals surface area (Å²) in [6, 6.07) is 13.3. The zero-order valence-corrected chi connectivity index (χ0v) is 19.8. The standard InChI is InChI=1S/C30H33NO3/c1-2-17-15-18-5-3-4-6-19(18)16-23(17)21-11-12-30(33)27-22-9-10-24(32)26-25(22)29(30,28(21)34-26)13-14-31(27)20-7-8-20/h3-6,9-10,15-17,20-21,23,27-28,32-33H,2,7-8,11-14H2,1H3/t17?,21-,23?,27?,28?,29+,30?/m1/s1. The summed E-state index contributed by atoms with van der Waals surface area (Å²) >= 11 is 0. The fourth-order valence-corrected chi connectivity index (χ4v) is 8.96. The molecule has 4 nitrogen and oxygen atoms in total. The fourth-order valence-electron chi connectivity index (χ4n) is 8.96. The normalized spacial score (nSPS) is 41.2. The van der Waals surface area contributed by atoms with Crippen LogP contribution in [0.15, 0.2) is 36.4 Å². The Kier molecular flexibility index (Phi) is 3.80. The third-order valence-electron chi connectivity index (χ3n) is 10.4. The van der Waals surface area contributed by atoms with Gasteiger partial charge in [0, 0.05) is 24.1 Å². The van der Waals surface area contributed by atoms with Crippen molar-refractivity contribution in [3.63, 3.8) is 0 Å². The van der Waals surface area contributed by atoms with Crippen molar-refractivity contribution in [1.82, 2.24) is 4.90 Å². The Hall–Kier alpha value is -2.30. The molecule has 1 spiro atoms. The number of aliphatic hydroxyl groups is 1. The van der Waals surface area contributed by atoms with Crippen molar-refractivity contribution < 1.29 is 14.9 Å². The van der Waals surface area contributed by atoms with Crippen LogP contribution in [-0.4, -0.2) is 39.4 Å². The van der Waals surface area contributed by atoms with Crippen LogP contribution in [0.5, 0.6) is 11.5 Å². The number of ether oxygens (including phenoxy) is 1. The molecular formula is C30H33NO3. The lowest BCUT2D eigenvalue weighted by Crippen LogP contribution is -2.68. The number of phenolic OH excluding ortho intramolecular Hbond substituents is 1. The van der Waals surface area contributed by atoms with Crippen LogP contribution in [0.3, 0.4) is 0 Å². The number of phenols is 1. The quantitative estimate of drug-likeness (QED) is 0.745. The molecule has 2 aromatic carbocycles. The predicted octanol–water partition coefficient (Wildman–Crippen LogP) is 3.37. The highest BCUT2D eigenvalue weighted by Crippen LogP contribution is 2.73. The molecule has 6 aliphatic rings. The van der Waals surface area contributed by atoms with E-state index >= 15 is 0 Å². The summed E-state index contributed by atoms with van der Waals surface area (Å²) in [7, 11) is 0. The van der Waals surface area contributed by atoms with E-state index in [0.29, 0.717) is 29.5 Å². The summed E-state index contributed by atoms with van der Waals surface area (Å²) in [6.07, 6.45) is 11.1. The molecule has 2 aliphatic heterocycles. The number of hydrogen-bond acceptors (Lipinski definition) is 4. The molecular weight excluding hydrogens is 422 g/mol. The van der Waals surface area contributed by atoms with Crippen LogP contribution in [0, 0.1) is 17.8 Å². The smallest absolute Gasteiger partial charge is 0.165 e. The van der Waals surface area contributed by atoms with E-state index in [1.54, 1.807) is 6.07 Å². The summed E-state index contributed by atoms with van der Waals surface area (Å²) in [5, 5.41) is 26.2. The molecule has 4 aliphatic carbocycles. The minimum absolute atomic E-state index is 0.0417. The molecule has 0 amide bonds. The van der Waals surface area contributed by atoms with Gasteiger partial charge in [0.25, 0.3) is 0 Å². The van der Waals surface area contributed by atoms with Crippen LogP contribution in [-0.2, 0) is 5.41 Å². The fraction of sp³-hybridized carbons (Fsp3) is 0.533. The van der Waals surface area contributed by atoms with Gasteiger partial charge in [-0.05, 0) is 72.4 Å². The van der Waals surface area contributed by atoms with Gasteiger partial charge in [0.1, 0.15) is 6.10 Å². The molecule has 0 aromatic heterocycles. The summed E-state index contributed by atoms with van der Waals surface area (Å²) < 4.78 is 6.79. The van der Waals surface area contributed by atoms with Gasteiger partial charge in [0.15, 0.2) is 11.5 Å². The maximum atomic E-state index is 12.6. The lowest BCUT2D eigenvalue weighted by Gasteiger charge is -2.59. The molecule has 2 heterocycles. The molecule has 176 valence electrons. The highest BCUT2D eigenvalue weighted by atomic mass is 16.5. The van der Waals surface area contributed by atoms with Crippen molar-refractivity contribution in [2.24, 2.45) is 17.8 Å². The molecule has 0 radical (unpaired) electrons. The van der Waals surface area contributed by atoms with Crippen molar-refractivity contribution >= 4 is 12.2 Å². The Morgan fingerprint density at radius 2 is 1.82 bits per heavy atom. The number of nitrogens with zero attached hydrogens (tertiary/aromatic N) is 1. The predicted molar refractivity (Wildman–Crippen MR) is 131 cm³/mol. The Morgan fingerprint density at radius 1 is 1.03 bits per heavy atom. The van der Waals surface area contributed by atoms with Gasteiger partial charge in [-0.1, -0.05) is 49.4 Å². The summed E-state index contributed by atoms with van der Waals surface area (Å²) in [5.41, 5.74) is 1.15. The molecule has 5 unspecified atom stereocenters. The van der Waals surface area contributed by atoms with Gasteiger partial charge < -0.3 is 14.9 Å². The zero-order valence-electron chi connectivity index (χ0n) is 19.8. The van der Waals surface area contributed by atoms with Crippen molar-refractivity contribution in [3.05, 3.63) is 58.0 Å². The number of benzene rings is 2. The molecule has 8 rings (SSSR count). The minimum Gasteiger partial charge on any atom is -0.504 e. The average molecular weight is 456 g/mol. The Bertz CT molecular complexity index is 1330. The maximum absolute atomic E-state index is 12.6. The molecule has 2 bridgehead atoms. The summed E-state index contributed by atoms with van der Waals surface area (Å²) in [4.78, 5) is 2.60. The van der Waals surface area contributed by atoms with E-state index in [9.17, 15) is 10.2 Å². The number of likely N-dealkylation sites (tertiary alicyclic amines) is 1. The Balaban J connectivity index is 1.30. The Morgan fingerprint density at radius 3 is 2.59 bits per heavy atom. The van der Waals surface area contributed by atoms with E-state index in [4.69, 9.17) is 4.74 Å². The van der Waals surface area contributed by atoms with Gasteiger partial charge in [-0.3, -0.25) is 4.90 Å². The van der Waals surface area contributed by atoms with Gasteiger partial charge in [-0.25, -0.2) is 0 Å². The van der Waals surface area contributed by atoms with Gasteiger partial charge in [0.2, 0.25) is 0 Å². The van der Waals surface area contributed by atoms with E-state index < -0.39 is 11.0 Å². The maximum Gasteiger partial charge on any atom is 0.165 e. The highest BCUT2D eigenvalue weighted by Gasteiger charge is 2.76. The zero-order chi connectivity index (χ0) is 22.8. The Labute approximate surface area is 200 Å². The SMILES string of the molecule is CCC1C=c2ccccc2=CC1[C@H]1CCC2(O)C3c4ccc(O)c5c4[C@@]2(CCN3C2CC2)C1O5. The molecule has 4 heteroatoms. The first-order chi connectivity index (χ1) is 16.6. The third-order valence-corrected chi connectivity index (χ3v) is 10.4. The number of hydrogen-bond donors (Lipinski definition) is 2. The van der Waals surface area contributed by atoms with Crippen LogP contribution in [0.25, 0.3) is 12.2 Å². The van der Waals surface area contributed by atoms with Crippen molar-refractivity contribution in [2.75, 3.05) is 6.54 Å². The van der Waals surface area contributed by atoms with Gasteiger partial charge in [-0.2, -0.15) is 0 Å². The monoisotopic (exact) mass is 455 g/mol. The van der Waals surface area contributed by atoms with Crippen molar-refractivity contribution in [1.29, 1.82) is 0 Å². The molecule has 2 N–H and O–H groups in total.